The minimum atomic E-state index is -3.39. The van der Waals surface area contributed by atoms with Crippen molar-refractivity contribution in [1.82, 2.24) is 14.0 Å². The van der Waals surface area contributed by atoms with E-state index < -0.39 is 10.2 Å². The minimum absolute atomic E-state index is 0.271. The molecule has 1 aliphatic heterocycles. The molecule has 0 saturated carbocycles. The van der Waals surface area contributed by atoms with E-state index in [4.69, 9.17) is 0 Å². The van der Waals surface area contributed by atoms with Crippen molar-refractivity contribution in [2.45, 2.75) is 45.6 Å². The highest BCUT2D eigenvalue weighted by molar-refractivity contribution is 7.87. The molecule has 1 unspecified atom stereocenters. The molecule has 1 aromatic rings. The van der Waals surface area contributed by atoms with Crippen molar-refractivity contribution in [3.8, 4) is 0 Å². The number of rotatable bonds is 4. The average molecular weight is 303 g/mol. The van der Waals surface area contributed by atoms with Gasteiger partial charge in [0.2, 0.25) is 0 Å². The van der Waals surface area contributed by atoms with Crippen LogP contribution < -0.4 is 4.72 Å². The monoisotopic (exact) mass is 303 g/mol. The molecule has 5 nitrogen and oxygen atoms in total. The second-order valence-corrected chi connectivity index (χ2v) is 7.58. The van der Waals surface area contributed by atoms with Crippen molar-refractivity contribution >= 4 is 21.5 Å². The molecule has 0 aromatic carbocycles. The van der Waals surface area contributed by atoms with Gasteiger partial charge in [0.25, 0.3) is 10.2 Å². The van der Waals surface area contributed by atoms with Crippen LogP contribution in [0.2, 0.25) is 0 Å². The van der Waals surface area contributed by atoms with Crippen molar-refractivity contribution in [3.63, 3.8) is 0 Å². The second-order valence-electron chi connectivity index (χ2n) is 4.98. The van der Waals surface area contributed by atoms with Crippen molar-refractivity contribution < 1.29 is 8.42 Å². The van der Waals surface area contributed by atoms with Crippen molar-refractivity contribution in [2.75, 3.05) is 13.1 Å². The van der Waals surface area contributed by atoms with Crippen LogP contribution in [0.25, 0.3) is 0 Å². The lowest BCUT2D eigenvalue weighted by Gasteiger charge is -2.22. The maximum atomic E-state index is 12.3. The van der Waals surface area contributed by atoms with Crippen molar-refractivity contribution in [1.29, 1.82) is 0 Å². The lowest BCUT2D eigenvalue weighted by atomic mass is 10.2. The smallest absolute Gasteiger partial charge is 0.245 e. The number of nitrogens with zero attached hydrogens (tertiary/aromatic N) is 2. The van der Waals surface area contributed by atoms with Crippen LogP contribution in [0, 0.1) is 6.92 Å². The van der Waals surface area contributed by atoms with Gasteiger partial charge in [-0.25, -0.2) is 4.98 Å². The van der Waals surface area contributed by atoms with Gasteiger partial charge in [-0.1, -0.05) is 12.8 Å². The van der Waals surface area contributed by atoms with Crippen LogP contribution in [0.5, 0.6) is 0 Å². The van der Waals surface area contributed by atoms with Gasteiger partial charge >= 0.3 is 0 Å². The molecule has 2 rings (SSSR count). The van der Waals surface area contributed by atoms with Gasteiger partial charge in [0.1, 0.15) is 5.01 Å². The van der Waals surface area contributed by atoms with Gasteiger partial charge in [-0.3, -0.25) is 0 Å². The lowest BCUT2D eigenvalue weighted by molar-refractivity contribution is 0.409. The molecule has 0 spiro atoms. The Hall–Kier alpha value is -0.500. The van der Waals surface area contributed by atoms with E-state index in [1.807, 2.05) is 19.2 Å². The summed E-state index contributed by atoms with van der Waals surface area (Å²) in [4.78, 5) is 4.33. The molecule has 0 bridgehead atoms. The maximum absolute atomic E-state index is 12.3. The van der Waals surface area contributed by atoms with Crippen molar-refractivity contribution in [3.05, 3.63) is 16.1 Å². The summed E-state index contributed by atoms with van der Waals surface area (Å²) >= 11 is 1.49. The fourth-order valence-corrected chi connectivity index (χ4v) is 4.53. The summed E-state index contributed by atoms with van der Waals surface area (Å²) in [6, 6.07) is -0.271. The fraction of sp³-hybridized carbons (Fsp3) is 0.750. The summed E-state index contributed by atoms with van der Waals surface area (Å²) in [5, 5.41) is 2.75. The molecular formula is C12H21N3O2S2. The summed E-state index contributed by atoms with van der Waals surface area (Å²) in [5.74, 6) is 0. The number of hydrogen-bond donors (Lipinski definition) is 1. The highest BCUT2D eigenvalue weighted by Crippen LogP contribution is 2.20. The number of hydrogen-bond acceptors (Lipinski definition) is 4. The van der Waals surface area contributed by atoms with E-state index in [1.54, 1.807) is 4.31 Å². The lowest BCUT2D eigenvalue weighted by Crippen LogP contribution is -2.42. The van der Waals surface area contributed by atoms with E-state index in [0.717, 1.165) is 36.4 Å². The first-order valence-electron chi connectivity index (χ1n) is 6.68. The van der Waals surface area contributed by atoms with Gasteiger partial charge in [0, 0.05) is 24.2 Å². The van der Waals surface area contributed by atoms with Gasteiger partial charge in [0.15, 0.2) is 0 Å². The first kappa shape index (κ1) is 14.9. The van der Waals surface area contributed by atoms with Gasteiger partial charge in [-0.05, 0) is 26.7 Å². The predicted molar refractivity (Wildman–Crippen MR) is 77.4 cm³/mol. The molecule has 1 fully saturated rings. The summed E-state index contributed by atoms with van der Waals surface area (Å²) < 4.78 is 28.9. The summed E-state index contributed by atoms with van der Waals surface area (Å²) in [7, 11) is -3.39. The molecule has 1 aromatic heterocycles. The molecule has 1 aliphatic rings. The Labute approximate surface area is 119 Å². The quantitative estimate of drug-likeness (QED) is 0.927. The molecule has 19 heavy (non-hydrogen) atoms. The Morgan fingerprint density at radius 2 is 1.95 bits per heavy atom. The van der Waals surface area contributed by atoms with Gasteiger partial charge in [-0.15, -0.1) is 11.3 Å². The SMILES string of the molecule is Cc1csc(C(C)NS(=O)(=O)N2CCCCCC2)n1. The summed E-state index contributed by atoms with van der Waals surface area (Å²) in [6.45, 7) is 5.00. The normalized spacial score (nSPS) is 20.1. The number of aryl methyl sites for hydroxylation is 1. The molecule has 108 valence electrons. The average Bonchev–Trinajstić information content (AvgIpc) is 2.63. The minimum Gasteiger partial charge on any atom is -0.245 e. The van der Waals surface area contributed by atoms with E-state index in [1.165, 1.54) is 11.3 Å². The van der Waals surface area contributed by atoms with Crippen molar-refractivity contribution in [2.24, 2.45) is 0 Å². The van der Waals surface area contributed by atoms with Gasteiger partial charge in [-0.2, -0.15) is 17.4 Å². The van der Waals surface area contributed by atoms with Gasteiger partial charge in [0.05, 0.1) is 6.04 Å². The highest BCUT2D eigenvalue weighted by Gasteiger charge is 2.25. The number of thiazole rings is 1. The van der Waals surface area contributed by atoms with Crippen LogP contribution in [0.15, 0.2) is 5.38 Å². The first-order chi connectivity index (χ1) is 8.99. The molecule has 2 heterocycles. The molecule has 1 atom stereocenters. The molecule has 0 radical (unpaired) electrons. The largest absolute Gasteiger partial charge is 0.280 e. The first-order valence-corrected chi connectivity index (χ1v) is 9.00. The second kappa shape index (κ2) is 6.30. The Morgan fingerprint density at radius 1 is 1.32 bits per heavy atom. The Kier molecular flexibility index (Phi) is 4.94. The number of aromatic nitrogens is 1. The molecule has 0 aliphatic carbocycles. The fourth-order valence-electron chi connectivity index (χ4n) is 2.20. The van der Waals surface area contributed by atoms with E-state index in [9.17, 15) is 8.42 Å². The van der Waals surface area contributed by atoms with Crippen LogP contribution in [0.1, 0.15) is 49.4 Å². The van der Waals surface area contributed by atoms with Crippen LogP contribution in [0.4, 0.5) is 0 Å². The molecule has 1 saturated heterocycles. The van der Waals surface area contributed by atoms with Crippen LogP contribution in [0.3, 0.4) is 0 Å². The summed E-state index contributed by atoms with van der Waals surface area (Å²) in [6.07, 6.45) is 4.14. The third kappa shape index (κ3) is 3.98. The highest BCUT2D eigenvalue weighted by atomic mass is 32.2. The zero-order chi connectivity index (χ0) is 13.9. The molecule has 0 amide bonds. The number of nitrogens with one attached hydrogen (secondary N) is 1. The van der Waals surface area contributed by atoms with E-state index in [-0.39, 0.29) is 6.04 Å². The maximum Gasteiger partial charge on any atom is 0.280 e. The Bertz CT molecular complexity index is 505. The topological polar surface area (TPSA) is 62.3 Å². The third-order valence-corrected chi connectivity index (χ3v) is 6.08. The van der Waals surface area contributed by atoms with Crippen LogP contribution in [-0.2, 0) is 10.2 Å². The van der Waals surface area contributed by atoms with Crippen LogP contribution >= 0.6 is 11.3 Å². The Balaban J connectivity index is 2.03. The third-order valence-electron chi connectivity index (χ3n) is 3.24. The van der Waals surface area contributed by atoms with Gasteiger partial charge < -0.3 is 0 Å². The van der Waals surface area contributed by atoms with E-state index in [0.29, 0.717) is 13.1 Å². The predicted octanol–water partition coefficient (Wildman–Crippen LogP) is 2.22. The Morgan fingerprint density at radius 3 is 2.47 bits per heavy atom. The zero-order valence-corrected chi connectivity index (χ0v) is 13.1. The van der Waals surface area contributed by atoms with E-state index in [2.05, 4.69) is 9.71 Å². The molecule has 1 N–H and O–H groups in total. The summed E-state index contributed by atoms with van der Waals surface area (Å²) in [5.41, 5.74) is 0.931. The molecule has 7 heteroatoms. The zero-order valence-electron chi connectivity index (χ0n) is 11.4. The van der Waals surface area contributed by atoms with Crippen LogP contribution in [-0.4, -0.2) is 30.8 Å². The molecular weight excluding hydrogens is 282 g/mol. The van der Waals surface area contributed by atoms with E-state index >= 15 is 0 Å². The standard InChI is InChI=1S/C12H21N3O2S2/c1-10-9-18-12(13-10)11(2)14-19(16,17)15-7-5-3-4-6-8-15/h9,11,14H,3-8H2,1-2H3.